The van der Waals surface area contributed by atoms with Crippen LogP contribution in [0.15, 0.2) is 42.6 Å². The monoisotopic (exact) mass is 377 g/mol. The number of halogens is 3. The van der Waals surface area contributed by atoms with Crippen LogP contribution in [0.25, 0.3) is 0 Å². The van der Waals surface area contributed by atoms with Gasteiger partial charge < -0.3 is 10.2 Å². The predicted molar refractivity (Wildman–Crippen MR) is 98.6 cm³/mol. The molecule has 1 aromatic heterocycles. The molecule has 3 rings (SSSR count). The number of anilines is 2. The average molecular weight is 377 g/mol. The quantitative estimate of drug-likeness (QED) is 0.852. The molecule has 1 aliphatic rings. The molecule has 0 aliphatic carbocycles. The smallest absolute Gasteiger partial charge is 0.357 e. The van der Waals surface area contributed by atoms with Gasteiger partial charge in [0.15, 0.2) is 0 Å². The van der Waals surface area contributed by atoms with E-state index in [0.717, 1.165) is 29.9 Å². The molecule has 0 saturated carbocycles. The molecule has 27 heavy (non-hydrogen) atoms. The number of piperidine rings is 1. The number of benzene rings is 1. The molecule has 0 atom stereocenters. The number of aryl methyl sites for hydroxylation is 1. The van der Waals surface area contributed by atoms with E-state index in [2.05, 4.69) is 10.3 Å². The first kappa shape index (κ1) is 19.2. The highest BCUT2D eigenvalue weighted by Gasteiger charge is 2.31. The van der Waals surface area contributed by atoms with E-state index < -0.39 is 11.7 Å². The fraction of sp³-hybridized carbons (Fsp3) is 0.400. The largest absolute Gasteiger partial charge is 0.417 e. The second-order valence-electron chi connectivity index (χ2n) is 6.66. The Morgan fingerprint density at radius 2 is 1.89 bits per heavy atom. The molecule has 1 amide bonds. The number of para-hydroxylation sites is 1. The minimum absolute atomic E-state index is 0.00377. The van der Waals surface area contributed by atoms with Crippen LogP contribution >= 0.6 is 0 Å². The zero-order chi connectivity index (χ0) is 19.4. The molecule has 144 valence electrons. The van der Waals surface area contributed by atoms with E-state index in [1.807, 2.05) is 36.1 Å². The van der Waals surface area contributed by atoms with E-state index >= 15 is 0 Å². The maximum absolute atomic E-state index is 12.6. The SMILES string of the molecule is CCc1ccccc1NC(=O)C1CCN(c2ccc(C(F)(F)F)cn2)CC1. The molecule has 1 aromatic carbocycles. The number of carbonyl (C=O) groups excluding carboxylic acids is 1. The molecule has 4 nitrogen and oxygen atoms in total. The molecule has 1 fully saturated rings. The Kier molecular flexibility index (Phi) is 5.68. The third-order valence-electron chi connectivity index (χ3n) is 4.92. The highest BCUT2D eigenvalue weighted by atomic mass is 19.4. The maximum atomic E-state index is 12.6. The lowest BCUT2D eigenvalue weighted by atomic mass is 9.95. The molecule has 0 spiro atoms. The van der Waals surface area contributed by atoms with Crippen molar-refractivity contribution >= 4 is 17.4 Å². The van der Waals surface area contributed by atoms with Gasteiger partial charge in [0.1, 0.15) is 5.82 Å². The molecule has 7 heteroatoms. The number of nitrogens with zero attached hydrogens (tertiary/aromatic N) is 2. The van der Waals surface area contributed by atoms with Gasteiger partial charge in [-0.15, -0.1) is 0 Å². The highest BCUT2D eigenvalue weighted by molar-refractivity contribution is 5.93. The van der Waals surface area contributed by atoms with Crippen molar-refractivity contribution in [3.63, 3.8) is 0 Å². The molecule has 2 aromatic rings. The minimum Gasteiger partial charge on any atom is -0.357 e. The number of amides is 1. The Bertz CT molecular complexity index is 782. The molecule has 1 saturated heterocycles. The van der Waals surface area contributed by atoms with Gasteiger partial charge in [-0.3, -0.25) is 4.79 Å². The van der Waals surface area contributed by atoms with Crippen molar-refractivity contribution in [1.82, 2.24) is 4.98 Å². The number of carbonyl (C=O) groups is 1. The topological polar surface area (TPSA) is 45.2 Å². The summed E-state index contributed by atoms with van der Waals surface area (Å²) in [6.07, 6.45) is -1.40. The number of rotatable bonds is 4. The fourth-order valence-corrected chi connectivity index (χ4v) is 3.30. The lowest BCUT2D eigenvalue weighted by Crippen LogP contribution is -2.38. The summed E-state index contributed by atoms with van der Waals surface area (Å²) in [7, 11) is 0. The minimum atomic E-state index is -4.38. The van der Waals surface area contributed by atoms with Crippen LogP contribution in [-0.2, 0) is 17.4 Å². The summed E-state index contributed by atoms with van der Waals surface area (Å²) in [5.41, 5.74) is 1.18. The normalized spacial score (nSPS) is 15.6. The lowest BCUT2D eigenvalue weighted by molar-refractivity contribution is -0.137. The molecule has 0 radical (unpaired) electrons. The number of hydrogen-bond donors (Lipinski definition) is 1. The molecule has 1 aliphatic heterocycles. The standard InChI is InChI=1S/C20H22F3N3O/c1-2-14-5-3-4-6-17(14)25-19(27)15-9-11-26(12-10-15)18-8-7-16(13-24-18)20(21,22)23/h3-8,13,15H,2,9-12H2,1H3,(H,25,27). The first-order chi connectivity index (χ1) is 12.9. The van der Waals surface area contributed by atoms with Crippen molar-refractivity contribution < 1.29 is 18.0 Å². The number of aromatic nitrogens is 1. The third-order valence-corrected chi connectivity index (χ3v) is 4.92. The fourth-order valence-electron chi connectivity index (χ4n) is 3.30. The molecular weight excluding hydrogens is 355 g/mol. The number of pyridine rings is 1. The first-order valence-electron chi connectivity index (χ1n) is 9.05. The van der Waals surface area contributed by atoms with Crippen LogP contribution in [0, 0.1) is 5.92 Å². The van der Waals surface area contributed by atoms with Crippen LogP contribution in [0.5, 0.6) is 0 Å². The number of alkyl halides is 3. The van der Waals surface area contributed by atoms with Gasteiger partial charge in [0.25, 0.3) is 0 Å². The van der Waals surface area contributed by atoms with Crippen LogP contribution < -0.4 is 10.2 Å². The summed E-state index contributed by atoms with van der Waals surface area (Å²) in [6.45, 7) is 3.22. The van der Waals surface area contributed by atoms with Crippen molar-refractivity contribution in [2.75, 3.05) is 23.3 Å². The molecule has 2 heterocycles. The van der Waals surface area contributed by atoms with E-state index in [1.54, 1.807) is 0 Å². The van der Waals surface area contributed by atoms with Crippen molar-refractivity contribution in [1.29, 1.82) is 0 Å². The Labute approximate surface area is 156 Å². The summed E-state index contributed by atoms with van der Waals surface area (Å²) in [5.74, 6) is 0.398. The number of hydrogen-bond acceptors (Lipinski definition) is 3. The summed E-state index contributed by atoms with van der Waals surface area (Å²) in [5, 5.41) is 3.01. The van der Waals surface area contributed by atoms with Gasteiger partial charge in [0.2, 0.25) is 5.91 Å². The van der Waals surface area contributed by atoms with Gasteiger partial charge in [0.05, 0.1) is 5.56 Å². The Morgan fingerprint density at radius 1 is 1.19 bits per heavy atom. The van der Waals surface area contributed by atoms with Gasteiger partial charge in [-0.1, -0.05) is 25.1 Å². The molecule has 0 unspecified atom stereocenters. The summed E-state index contributed by atoms with van der Waals surface area (Å²) in [4.78, 5) is 18.4. The first-order valence-corrected chi connectivity index (χ1v) is 9.05. The number of nitrogens with one attached hydrogen (secondary N) is 1. The van der Waals surface area contributed by atoms with E-state index in [9.17, 15) is 18.0 Å². The van der Waals surface area contributed by atoms with Gasteiger partial charge >= 0.3 is 6.18 Å². The second-order valence-corrected chi connectivity index (χ2v) is 6.66. The Morgan fingerprint density at radius 3 is 2.48 bits per heavy atom. The zero-order valence-corrected chi connectivity index (χ0v) is 15.1. The van der Waals surface area contributed by atoms with Gasteiger partial charge in [0, 0.05) is 30.9 Å². The molecule has 0 bridgehead atoms. The van der Waals surface area contributed by atoms with Crippen LogP contribution in [0.4, 0.5) is 24.7 Å². The third kappa shape index (κ3) is 4.59. The second kappa shape index (κ2) is 7.98. The van der Waals surface area contributed by atoms with Crippen LogP contribution in [0.2, 0.25) is 0 Å². The Hall–Kier alpha value is -2.57. The summed E-state index contributed by atoms with van der Waals surface area (Å²) < 4.78 is 37.9. The van der Waals surface area contributed by atoms with Crippen molar-refractivity contribution in [3.8, 4) is 0 Å². The van der Waals surface area contributed by atoms with Gasteiger partial charge in [-0.2, -0.15) is 13.2 Å². The van der Waals surface area contributed by atoms with E-state index in [0.29, 0.717) is 31.7 Å². The van der Waals surface area contributed by atoms with Crippen molar-refractivity contribution in [2.45, 2.75) is 32.4 Å². The Balaban J connectivity index is 1.57. The zero-order valence-electron chi connectivity index (χ0n) is 15.1. The average Bonchev–Trinajstić information content (AvgIpc) is 2.68. The summed E-state index contributed by atoms with van der Waals surface area (Å²) in [6, 6.07) is 10.2. The van der Waals surface area contributed by atoms with Crippen LogP contribution in [-0.4, -0.2) is 24.0 Å². The van der Waals surface area contributed by atoms with E-state index in [-0.39, 0.29) is 11.8 Å². The molecule has 1 N–H and O–H groups in total. The highest BCUT2D eigenvalue weighted by Crippen LogP contribution is 2.30. The van der Waals surface area contributed by atoms with Gasteiger partial charge in [-0.25, -0.2) is 4.98 Å². The van der Waals surface area contributed by atoms with Crippen molar-refractivity contribution in [3.05, 3.63) is 53.7 Å². The lowest BCUT2D eigenvalue weighted by Gasteiger charge is -2.32. The maximum Gasteiger partial charge on any atom is 0.417 e. The van der Waals surface area contributed by atoms with E-state index in [1.165, 1.54) is 6.07 Å². The predicted octanol–water partition coefficient (Wildman–Crippen LogP) is 4.52. The molecular formula is C20H22F3N3O. The van der Waals surface area contributed by atoms with E-state index in [4.69, 9.17) is 0 Å². The van der Waals surface area contributed by atoms with Crippen LogP contribution in [0.3, 0.4) is 0 Å². The van der Waals surface area contributed by atoms with Gasteiger partial charge in [-0.05, 0) is 43.0 Å². The summed E-state index contributed by atoms with van der Waals surface area (Å²) >= 11 is 0. The van der Waals surface area contributed by atoms with Crippen molar-refractivity contribution in [2.24, 2.45) is 5.92 Å². The van der Waals surface area contributed by atoms with Crippen LogP contribution in [0.1, 0.15) is 30.9 Å².